The monoisotopic (exact) mass is 319 g/mol. The normalized spacial score (nSPS) is 10.5. The lowest BCUT2D eigenvalue weighted by atomic mass is 10.3. The SMILES string of the molecule is FCCn1nc(Br)nc1Oc1cccc(Cl)c1. The molecule has 0 aliphatic heterocycles. The number of halogens is 3. The first-order valence-electron chi connectivity index (χ1n) is 4.79. The van der Waals surface area contributed by atoms with E-state index in [0.29, 0.717) is 15.5 Å². The van der Waals surface area contributed by atoms with Crippen LogP contribution in [-0.4, -0.2) is 21.4 Å². The van der Waals surface area contributed by atoms with E-state index in [2.05, 4.69) is 26.0 Å². The molecule has 1 aromatic carbocycles. The highest BCUT2D eigenvalue weighted by molar-refractivity contribution is 9.10. The molecule has 0 amide bonds. The van der Waals surface area contributed by atoms with E-state index < -0.39 is 6.67 Å². The summed E-state index contributed by atoms with van der Waals surface area (Å²) < 4.78 is 19.5. The van der Waals surface area contributed by atoms with Crippen molar-refractivity contribution in [3.05, 3.63) is 34.0 Å². The van der Waals surface area contributed by atoms with Crippen molar-refractivity contribution >= 4 is 27.5 Å². The van der Waals surface area contributed by atoms with Crippen molar-refractivity contribution in [1.29, 1.82) is 0 Å². The maximum absolute atomic E-state index is 12.3. The van der Waals surface area contributed by atoms with E-state index in [1.165, 1.54) is 4.68 Å². The molecule has 0 aliphatic rings. The molecule has 4 nitrogen and oxygen atoms in total. The molecule has 0 radical (unpaired) electrons. The first-order valence-corrected chi connectivity index (χ1v) is 5.96. The summed E-state index contributed by atoms with van der Waals surface area (Å²) in [5.74, 6) is 0.525. The van der Waals surface area contributed by atoms with Gasteiger partial charge in [-0.1, -0.05) is 17.7 Å². The van der Waals surface area contributed by atoms with Gasteiger partial charge in [-0.3, -0.25) is 0 Å². The van der Waals surface area contributed by atoms with E-state index in [9.17, 15) is 4.39 Å². The van der Waals surface area contributed by atoms with Gasteiger partial charge in [0, 0.05) is 5.02 Å². The Bertz CT molecular complexity index is 520. The number of ether oxygens (including phenoxy) is 1. The predicted molar refractivity (Wildman–Crippen MR) is 65.2 cm³/mol. The maximum Gasteiger partial charge on any atom is 0.321 e. The Morgan fingerprint density at radius 2 is 2.29 bits per heavy atom. The van der Waals surface area contributed by atoms with Gasteiger partial charge in [-0.25, -0.2) is 9.07 Å². The van der Waals surface area contributed by atoms with E-state index in [-0.39, 0.29) is 12.6 Å². The zero-order valence-electron chi connectivity index (χ0n) is 8.61. The number of rotatable bonds is 4. The third kappa shape index (κ3) is 3.17. The van der Waals surface area contributed by atoms with E-state index in [1.807, 2.05) is 0 Å². The maximum atomic E-state index is 12.3. The van der Waals surface area contributed by atoms with Crippen LogP contribution in [0.3, 0.4) is 0 Å². The molecule has 0 bridgehead atoms. The fourth-order valence-corrected chi connectivity index (χ4v) is 1.76. The first kappa shape index (κ1) is 12.3. The highest BCUT2D eigenvalue weighted by Crippen LogP contribution is 2.23. The number of hydrogen-bond acceptors (Lipinski definition) is 3. The number of alkyl halides is 1. The molecule has 0 saturated heterocycles. The van der Waals surface area contributed by atoms with Crippen molar-refractivity contribution < 1.29 is 9.13 Å². The lowest BCUT2D eigenvalue weighted by Gasteiger charge is -2.05. The summed E-state index contributed by atoms with van der Waals surface area (Å²) in [6.45, 7) is -0.448. The Hall–Kier alpha value is -1.14. The minimum absolute atomic E-state index is 0.0918. The standard InChI is InChI=1S/C10H8BrClFN3O/c11-9-14-10(16(15-9)5-4-13)17-8-3-1-2-7(12)6-8/h1-3,6H,4-5H2. The van der Waals surface area contributed by atoms with Crippen LogP contribution in [0, 0.1) is 0 Å². The fourth-order valence-electron chi connectivity index (χ4n) is 1.24. The van der Waals surface area contributed by atoms with E-state index in [0.717, 1.165) is 0 Å². The average Bonchev–Trinajstić information content (AvgIpc) is 2.59. The average molecular weight is 321 g/mol. The Morgan fingerprint density at radius 3 is 3.00 bits per heavy atom. The second kappa shape index (κ2) is 5.46. The molecule has 7 heteroatoms. The van der Waals surface area contributed by atoms with Crippen LogP contribution in [0.5, 0.6) is 11.8 Å². The largest absolute Gasteiger partial charge is 0.424 e. The topological polar surface area (TPSA) is 39.9 Å². The van der Waals surface area contributed by atoms with Crippen LogP contribution < -0.4 is 4.74 Å². The van der Waals surface area contributed by atoms with Crippen molar-refractivity contribution in [3.8, 4) is 11.8 Å². The van der Waals surface area contributed by atoms with Crippen molar-refractivity contribution in [2.24, 2.45) is 0 Å². The number of nitrogens with zero attached hydrogens (tertiary/aromatic N) is 3. The van der Waals surface area contributed by atoms with Crippen LogP contribution in [0.4, 0.5) is 4.39 Å². The predicted octanol–water partition coefficient (Wildman–Crippen LogP) is 3.46. The summed E-state index contributed by atoms with van der Waals surface area (Å²) in [4.78, 5) is 3.99. The molecule has 0 aliphatic carbocycles. The number of aryl methyl sites for hydroxylation is 1. The molecular weight excluding hydrogens is 312 g/mol. The van der Waals surface area contributed by atoms with Crippen molar-refractivity contribution in [3.63, 3.8) is 0 Å². The van der Waals surface area contributed by atoms with Gasteiger partial charge in [0.05, 0.1) is 6.54 Å². The minimum Gasteiger partial charge on any atom is -0.424 e. The fraction of sp³-hybridized carbons (Fsp3) is 0.200. The highest BCUT2D eigenvalue weighted by Gasteiger charge is 2.10. The van der Waals surface area contributed by atoms with Gasteiger partial charge in [-0.05, 0) is 34.1 Å². The smallest absolute Gasteiger partial charge is 0.321 e. The molecule has 1 heterocycles. The van der Waals surface area contributed by atoms with Crippen LogP contribution in [0.1, 0.15) is 0 Å². The van der Waals surface area contributed by atoms with Gasteiger partial charge < -0.3 is 4.74 Å². The molecule has 17 heavy (non-hydrogen) atoms. The Kier molecular flexibility index (Phi) is 3.96. The van der Waals surface area contributed by atoms with E-state index in [4.69, 9.17) is 16.3 Å². The Balaban J connectivity index is 2.23. The molecule has 2 aromatic rings. The van der Waals surface area contributed by atoms with Gasteiger partial charge in [0.1, 0.15) is 12.4 Å². The van der Waals surface area contributed by atoms with Crippen LogP contribution in [0.15, 0.2) is 29.0 Å². The zero-order chi connectivity index (χ0) is 12.3. The Morgan fingerprint density at radius 1 is 1.47 bits per heavy atom. The van der Waals surface area contributed by atoms with E-state index >= 15 is 0 Å². The van der Waals surface area contributed by atoms with Crippen LogP contribution in [-0.2, 0) is 6.54 Å². The van der Waals surface area contributed by atoms with Crippen molar-refractivity contribution in [1.82, 2.24) is 14.8 Å². The summed E-state index contributed by atoms with van der Waals surface area (Å²) in [7, 11) is 0. The van der Waals surface area contributed by atoms with Gasteiger partial charge in [-0.2, -0.15) is 4.98 Å². The lowest BCUT2D eigenvalue weighted by Crippen LogP contribution is -2.04. The molecule has 0 saturated carbocycles. The van der Waals surface area contributed by atoms with E-state index in [1.54, 1.807) is 24.3 Å². The molecule has 0 atom stereocenters. The second-order valence-electron chi connectivity index (χ2n) is 3.13. The quantitative estimate of drug-likeness (QED) is 0.866. The third-order valence-electron chi connectivity index (χ3n) is 1.91. The summed E-state index contributed by atoms with van der Waals surface area (Å²) in [6.07, 6.45) is 0. The highest BCUT2D eigenvalue weighted by atomic mass is 79.9. The number of benzene rings is 1. The second-order valence-corrected chi connectivity index (χ2v) is 4.28. The number of aromatic nitrogens is 3. The molecule has 0 N–H and O–H groups in total. The molecule has 0 fully saturated rings. The first-order chi connectivity index (χ1) is 8.19. The lowest BCUT2D eigenvalue weighted by molar-refractivity contribution is 0.363. The van der Waals surface area contributed by atoms with Gasteiger partial charge >= 0.3 is 6.01 Å². The van der Waals surface area contributed by atoms with Gasteiger partial charge in [0.2, 0.25) is 4.73 Å². The van der Waals surface area contributed by atoms with Gasteiger partial charge in [0.15, 0.2) is 0 Å². The molecule has 0 spiro atoms. The summed E-state index contributed by atoms with van der Waals surface area (Å²) in [6, 6.07) is 7.08. The Labute approximate surface area is 110 Å². The van der Waals surface area contributed by atoms with Crippen LogP contribution in [0.25, 0.3) is 0 Å². The molecule has 1 aromatic heterocycles. The van der Waals surface area contributed by atoms with Gasteiger partial charge in [-0.15, -0.1) is 5.10 Å². The van der Waals surface area contributed by atoms with Crippen LogP contribution in [0.2, 0.25) is 5.02 Å². The summed E-state index contributed by atoms with van der Waals surface area (Å²) in [5, 5.41) is 4.50. The van der Waals surface area contributed by atoms with Gasteiger partial charge in [0.25, 0.3) is 0 Å². The van der Waals surface area contributed by atoms with Crippen molar-refractivity contribution in [2.75, 3.05) is 6.67 Å². The minimum atomic E-state index is -0.540. The zero-order valence-corrected chi connectivity index (χ0v) is 10.9. The summed E-state index contributed by atoms with van der Waals surface area (Å²) >= 11 is 8.93. The molecule has 2 rings (SSSR count). The third-order valence-corrected chi connectivity index (χ3v) is 2.48. The molecule has 90 valence electrons. The van der Waals surface area contributed by atoms with Crippen LogP contribution >= 0.6 is 27.5 Å². The molecule has 0 unspecified atom stereocenters. The molecular formula is C10H8BrClFN3O. The van der Waals surface area contributed by atoms with Crippen molar-refractivity contribution in [2.45, 2.75) is 6.54 Å². The summed E-state index contributed by atoms with van der Waals surface area (Å²) in [5.41, 5.74) is 0. The number of hydrogen-bond donors (Lipinski definition) is 0.